The molecule has 10 atom stereocenters. The van der Waals surface area contributed by atoms with E-state index in [4.69, 9.17) is 18.9 Å². The van der Waals surface area contributed by atoms with E-state index >= 15 is 0 Å². The summed E-state index contributed by atoms with van der Waals surface area (Å²) in [5.41, 5.74) is -2.03. The smallest absolute Gasteiger partial charge is 0.187 e. The van der Waals surface area contributed by atoms with Crippen LogP contribution in [0.15, 0.2) is 0 Å². The van der Waals surface area contributed by atoms with Crippen molar-refractivity contribution in [2.75, 3.05) is 19.8 Å². The zero-order valence-electron chi connectivity index (χ0n) is 20.2. The maximum atomic E-state index is 10.9. The molecule has 0 aliphatic carbocycles. The van der Waals surface area contributed by atoms with Crippen LogP contribution in [0, 0.1) is 0 Å². The Kier molecular flexibility index (Phi) is 12.6. The van der Waals surface area contributed by atoms with Gasteiger partial charge in [-0.15, -0.1) is 0 Å². The van der Waals surface area contributed by atoms with E-state index in [-0.39, 0.29) is 6.42 Å². The second kappa shape index (κ2) is 14.3. The van der Waals surface area contributed by atoms with Gasteiger partial charge < -0.3 is 54.7 Å². The number of rotatable bonds is 14. The first-order valence-electron chi connectivity index (χ1n) is 12.5. The molecule has 11 nitrogen and oxygen atoms in total. The third-order valence-corrected chi connectivity index (χ3v) is 6.67. The van der Waals surface area contributed by atoms with E-state index in [9.17, 15) is 35.7 Å². The molecule has 2 fully saturated rings. The first-order valence-corrected chi connectivity index (χ1v) is 12.5. The highest BCUT2D eigenvalue weighted by atomic mass is 16.7. The van der Waals surface area contributed by atoms with E-state index in [1.165, 1.54) is 6.42 Å². The minimum Gasteiger partial charge on any atom is -0.394 e. The molecular formula is C23H44O11. The first-order chi connectivity index (χ1) is 16.2. The lowest BCUT2D eigenvalue weighted by molar-refractivity contribution is -0.374. The topological polar surface area (TPSA) is 179 Å². The second-order valence-electron chi connectivity index (χ2n) is 9.30. The Balaban J connectivity index is 2.00. The van der Waals surface area contributed by atoms with Crippen LogP contribution in [0.5, 0.6) is 0 Å². The highest BCUT2D eigenvalue weighted by molar-refractivity contribution is 5.02. The lowest BCUT2D eigenvalue weighted by atomic mass is 9.80. The molecule has 0 saturated carbocycles. The van der Waals surface area contributed by atoms with E-state index in [2.05, 4.69) is 6.92 Å². The second-order valence-corrected chi connectivity index (χ2v) is 9.30. The van der Waals surface area contributed by atoms with Gasteiger partial charge in [0.1, 0.15) is 48.3 Å². The van der Waals surface area contributed by atoms with Gasteiger partial charge in [0.2, 0.25) is 0 Å². The predicted molar refractivity (Wildman–Crippen MR) is 120 cm³/mol. The summed E-state index contributed by atoms with van der Waals surface area (Å²) in [4.78, 5) is 0. The van der Waals surface area contributed by atoms with Crippen molar-refractivity contribution in [1.82, 2.24) is 0 Å². The minimum atomic E-state index is -2.03. The number of aliphatic hydroxyl groups excluding tert-OH is 6. The van der Waals surface area contributed by atoms with Crippen LogP contribution in [0.25, 0.3) is 0 Å². The fraction of sp³-hybridized carbons (Fsp3) is 1.00. The molecule has 2 rings (SSSR count). The summed E-state index contributed by atoms with van der Waals surface area (Å²) in [6.45, 7) is 2.97. The summed E-state index contributed by atoms with van der Waals surface area (Å²) in [6, 6.07) is 0. The van der Waals surface area contributed by atoms with Crippen LogP contribution in [0.3, 0.4) is 0 Å². The molecule has 0 radical (unpaired) electrons. The quantitative estimate of drug-likeness (QED) is 0.149. The third kappa shape index (κ3) is 7.07. The van der Waals surface area contributed by atoms with Gasteiger partial charge in [0.25, 0.3) is 0 Å². The molecule has 0 amide bonds. The number of unbranched alkanes of at least 4 members (excludes halogenated alkanes) is 5. The molecule has 0 spiro atoms. The number of hydrogen-bond acceptors (Lipinski definition) is 11. The van der Waals surface area contributed by atoms with Crippen molar-refractivity contribution in [3.63, 3.8) is 0 Å². The lowest BCUT2D eigenvalue weighted by Crippen LogP contribution is -2.69. The fourth-order valence-corrected chi connectivity index (χ4v) is 4.59. The molecule has 2 heterocycles. The molecule has 2 aliphatic rings. The maximum absolute atomic E-state index is 10.9. The van der Waals surface area contributed by atoms with Crippen LogP contribution in [0.1, 0.15) is 65.2 Å². The van der Waals surface area contributed by atoms with Crippen molar-refractivity contribution in [1.29, 1.82) is 0 Å². The van der Waals surface area contributed by atoms with Gasteiger partial charge in [-0.1, -0.05) is 52.4 Å². The first kappa shape index (κ1) is 29.8. The van der Waals surface area contributed by atoms with E-state index in [1.54, 1.807) is 6.92 Å². The maximum Gasteiger partial charge on any atom is 0.187 e. The van der Waals surface area contributed by atoms with Crippen LogP contribution in [-0.2, 0) is 18.9 Å². The largest absolute Gasteiger partial charge is 0.394 e. The summed E-state index contributed by atoms with van der Waals surface area (Å²) < 4.78 is 22.3. The van der Waals surface area contributed by atoms with Gasteiger partial charge in [-0.2, -0.15) is 0 Å². The summed E-state index contributed by atoms with van der Waals surface area (Å²) in [5, 5.41) is 72.6. The van der Waals surface area contributed by atoms with Gasteiger partial charge in [-0.25, -0.2) is 0 Å². The summed E-state index contributed by atoms with van der Waals surface area (Å²) in [6.07, 6.45) is -6.09. The average Bonchev–Trinajstić information content (AvgIpc) is 2.83. The zero-order valence-corrected chi connectivity index (χ0v) is 20.2. The normalized spacial score (nSPS) is 41.0. The Labute approximate surface area is 201 Å². The van der Waals surface area contributed by atoms with Crippen molar-refractivity contribution in [2.24, 2.45) is 0 Å². The standard InChI is InChI=1S/C23H44O11/c1-3-5-6-7-8-9-11-31-21-17(27)16(26)18(14(12-24)32-21)34-22-20(29)23(30,10-4-2)19(28)15(13-25)33-22/h14-22,24-30H,3-13H2,1-2H3/t14-,15-,16-,17-,18-,19+,20+,21-,22+,23+/m1/s1. The van der Waals surface area contributed by atoms with Crippen LogP contribution in [-0.4, -0.2) is 116 Å². The number of ether oxygens (including phenoxy) is 4. The molecule has 202 valence electrons. The fourth-order valence-electron chi connectivity index (χ4n) is 4.59. The third-order valence-electron chi connectivity index (χ3n) is 6.67. The highest BCUT2D eigenvalue weighted by Gasteiger charge is 2.56. The van der Waals surface area contributed by atoms with Crippen molar-refractivity contribution < 1.29 is 54.7 Å². The predicted octanol–water partition coefficient (Wildman–Crippen LogP) is -0.842. The molecule has 7 N–H and O–H groups in total. The summed E-state index contributed by atoms with van der Waals surface area (Å²) >= 11 is 0. The lowest BCUT2D eigenvalue weighted by Gasteiger charge is -2.50. The Morgan fingerprint density at radius 2 is 1.35 bits per heavy atom. The molecule has 0 aromatic rings. The summed E-state index contributed by atoms with van der Waals surface area (Å²) in [7, 11) is 0. The number of hydrogen-bond donors (Lipinski definition) is 7. The van der Waals surface area contributed by atoms with E-state index in [1.807, 2.05) is 0 Å². The average molecular weight is 497 g/mol. The SMILES string of the molecule is CCCCCCCCO[C@@H]1O[C@H](CO)[C@@H](O[C@@H]2O[C@H](CO)[C@H](O)[C@@](O)(CCC)[C@H]2O)[C@H](O)[C@H]1O. The molecule has 2 aliphatic heterocycles. The molecule has 11 heteroatoms. The van der Waals surface area contributed by atoms with E-state index in [0.29, 0.717) is 13.0 Å². The van der Waals surface area contributed by atoms with E-state index < -0.39 is 74.1 Å². The van der Waals surface area contributed by atoms with Crippen LogP contribution in [0.2, 0.25) is 0 Å². The molecular weight excluding hydrogens is 452 g/mol. The molecule has 34 heavy (non-hydrogen) atoms. The Morgan fingerprint density at radius 3 is 1.97 bits per heavy atom. The Bertz CT molecular complexity index is 565. The van der Waals surface area contributed by atoms with Crippen molar-refractivity contribution in [2.45, 2.75) is 126 Å². The van der Waals surface area contributed by atoms with Gasteiger partial charge in [0.05, 0.1) is 13.2 Å². The van der Waals surface area contributed by atoms with Crippen LogP contribution in [0.4, 0.5) is 0 Å². The molecule has 0 aromatic carbocycles. The summed E-state index contributed by atoms with van der Waals surface area (Å²) in [5.74, 6) is 0. The van der Waals surface area contributed by atoms with Gasteiger partial charge in [-0.3, -0.25) is 0 Å². The monoisotopic (exact) mass is 496 g/mol. The molecule has 0 unspecified atom stereocenters. The van der Waals surface area contributed by atoms with Crippen molar-refractivity contribution in [3.05, 3.63) is 0 Å². The zero-order chi connectivity index (χ0) is 25.3. The Hall–Kier alpha value is -0.440. The molecule has 0 bridgehead atoms. The van der Waals surface area contributed by atoms with Crippen LogP contribution < -0.4 is 0 Å². The Morgan fingerprint density at radius 1 is 0.735 bits per heavy atom. The van der Waals surface area contributed by atoms with Gasteiger partial charge in [-0.05, 0) is 12.8 Å². The van der Waals surface area contributed by atoms with Gasteiger partial charge >= 0.3 is 0 Å². The number of aliphatic hydroxyl groups is 7. The van der Waals surface area contributed by atoms with Crippen molar-refractivity contribution in [3.8, 4) is 0 Å². The molecule has 2 saturated heterocycles. The minimum absolute atomic E-state index is 0.000808. The van der Waals surface area contributed by atoms with E-state index in [0.717, 1.165) is 32.1 Å². The highest BCUT2D eigenvalue weighted by Crippen LogP contribution is 2.36. The van der Waals surface area contributed by atoms with Crippen LogP contribution >= 0.6 is 0 Å². The van der Waals surface area contributed by atoms with Crippen molar-refractivity contribution >= 4 is 0 Å². The van der Waals surface area contributed by atoms with Gasteiger partial charge in [0, 0.05) is 6.61 Å². The van der Waals surface area contributed by atoms with Gasteiger partial charge in [0.15, 0.2) is 12.6 Å². The molecule has 0 aromatic heterocycles.